The minimum atomic E-state index is -3.77. The number of nitrogens with one attached hydrogen (secondary N) is 2. The van der Waals surface area contributed by atoms with Crippen LogP contribution in [0.3, 0.4) is 0 Å². The maximum absolute atomic E-state index is 12.2. The Bertz CT molecular complexity index is 1010. The van der Waals surface area contributed by atoms with E-state index < -0.39 is 10.0 Å². The van der Waals surface area contributed by atoms with E-state index in [0.29, 0.717) is 22.0 Å². The van der Waals surface area contributed by atoms with Crippen molar-refractivity contribution in [2.75, 3.05) is 7.11 Å². The third-order valence-corrected chi connectivity index (χ3v) is 5.04. The van der Waals surface area contributed by atoms with E-state index in [1.807, 2.05) is 12.1 Å². The van der Waals surface area contributed by atoms with Crippen LogP contribution in [0.15, 0.2) is 64.7 Å². The summed E-state index contributed by atoms with van der Waals surface area (Å²) < 4.78 is 29.5. The van der Waals surface area contributed by atoms with Gasteiger partial charge < -0.3 is 4.74 Å². The molecule has 26 heavy (non-hydrogen) atoms. The van der Waals surface area contributed by atoms with E-state index in [1.54, 1.807) is 30.5 Å². The van der Waals surface area contributed by atoms with Crippen molar-refractivity contribution in [3.05, 3.63) is 65.3 Å². The van der Waals surface area contributed by atoms with E-state index in [9.17, 15) is 8.42 Å². The SMILES string of the molecule is COc1ccc(S(=O)(=O)N/N=C\c2cn[nH]c2-c2ccc(Cl)cc2)cc1. The van der Waals surface area contributed by atoms with E-state index in [-0.39, 0.29) is 4.90 Å². The van der Waals surface area contributed by atoms with Gasteiger partial charge in [0.1, 0.15) is 5.75 Å². The van der Waals surface area contributed by atoms with Crippen LogP contribution in [0.1, 0.15) is 5.56 Å². The summed E-state index contributed by atoms with van der Waals surface area (Å²) in [5.41, 5.74) is 2.19. The predicted octanol–water partition coefficient (Wildman–Crippen LogP) is 3.05. The summed E-state index contributed by atoms with van der Waals surface area (Å²) in [4.78, 5) is 2.26. The van der Waals surface area contributed by atoms with Crippen LogP contribution in [0, 0.1) is 0 Å². The van der Waals surface area contributed by atoms with Gasteiger partial charge in [-0.2, -0.15) is 18.6 Å². The van der Waals surface area contributed by atoms with E-state index >= 15 is 0 Å². The summed E-state index contributed by atoms with van der Waals surface area (Å²) in [6.45, 7) is 0. The number of aromatic amines is 1. The van der Waals surface area contributed by atoms with Gasteiger partial charge >= 0.3 is 0 Å². The molecular formula is C17H15ClN4O3S. The molecule has 0 atom stereocenters. The summed E-state index contributed by atoms with van der Waals surface area (Å²) in [6, 6.07) is 13.2. The third kappa shape index (κ3) is 4.04. The summed E-state index contributed by atoms with van der Waals surface area (Å²) in [7, 11) is -2.26. The van der Waals surface area contributed by atoms with E-state index in [1.165, 1.54) is 25.5 Å². The van der Waals surface area contributed by atoms with Gasteiger partial charge in [-0.15, -0.1) is 0 Å². The first-order chi connectivity index (χ1) is 12.5. The van der Waals surface area contributed by atoms with Crippen LogP contribution in [0.4, 0.5) is 0 Å². The number of sulfonamides is 1. The molecule has 0 amide bonds. The normalized spacial score (nSPS) is 11.6. The number of hydrazone groups is 1. The molecular weight excluding hydrogens is 376 g/mol. The molecule has 0 bridgehead atoms. The van der Waals surface area contributed by atoms with Crippen molar-refractivity contribution in [2.45, 2.75) is 4.90 Å². The van der Waals surface area contributed by atoms with Gasteiger partial charge in [-0.05, 0) is 36.4 Å². The quantitative estimate of drug-likeness (QED) is 0.499. The van der Waals surface area contributed by atoms with Crippen molar-refractivity contribution in [1.29, 1.82) is 0 Å². The number of aromatic nitrogens is 2. The predicted molar refractivity (Wildman–Crippen MR) is 99.9 cm³/mol. The molecule has 0 saturated heterocycles. The lowest BCUT2D eigenvalue weighted by atomic mass is 10.1. The smallest absolute Gasteiger partial charge is 0.276 e. The van der Waals surface area contributed by atoms with Gasteiger partial charge in [-0.3, -0.25) is 5.10 Å². The highest BCUT2D eigenvalue weighted by Crippen LogP contribution is 2.22. The maximum Gasteiger partial charge on any atom is 0.276 e. The Morgan fingerprint density at radius 2 is 1.85 bits per heavy atom. The number of benzene rings is 2. The second kappa shape index (κ2) is 7.59. The Kier molecular flexibility index (Phi) is 5.24. The Balaban J connectivity index is 1.76. The van der Waals surface area contributed by atoms with Crippen LogP contribution in [0.5, 0.6) is 5.75 Å². The number of ether oxygens (including phenoxy) is 1. The molecule has 0 saturated carbocycles. The van der Waals surface area contributed by atoms with E-state index in [4.69, 9.17) is 16.3 Å². The average Bonchev–Trinajstić information content (AvgIpc) is 3.11. The molecule has 0 aliphatic carbocycles. The molecule has 0 unspecified atom stereocenters. The number of rotatable bonds is 6. The van der Waals surface area contributed by atoms with Crippen molar-refractivity contribution in [3.8, 4) is 17.0 Å². The second-order valence-electron chi connectivity index (χ2n) is 5.24. The fraction of sp³-hybridized carbons (Fsp3) is 0.0588. The van der Waals surface area contributed by atoms with Crippen molar-refractivity contribution in [1.82, 2.24) is 15.0 Å². The Hall–Kier alpha value is -2.84. The first-order valence-electron chi connectivity index (χ1n) is 7.48. The zero-order valence-electron chi connectivity index (χ0n) is 13.7. The van der Waals surface area contributed by atoms with Gasteiger partial charge in [-0.1, -0.05) is 23.7 Å². The van der Waals surface area contributed by atoms with Crippen LogP contribution in [-0.2, 0) is 10.0 Å². The summed E-state index contributed by atoms with van der Waals surface area (Å²) in [5.74, 6) is 0.568. The van der Waals surface area contributed by atoms with Crippen molar-refractivity contribution in [2.24, 2.45) is 5.10 Å². The number of nitrogens with zero attached hydrogens (tertiary/aromatic N) is 2. The largest absolute Gasteiger partial charge is 0.497 e. The molecule has 7 nitrogen and oxygen atoms in total. The number of halogens is 1. The van der Waals surface area contributed by atoms with Gasteiger partial charge in [0.2, 0.25) is 0 Å². The Labute approximate surface area is 155 Å². The maximum atomic E-state index is 12.2. The Morgan fingerprint density at radius 1 is 1.15 bits per heavy atom. The molecule has 0 aliphatic heterocycles. The molecule has 3 aromatic rings. The number of H-pyrrole nitrogens is 1. The van der Waals surface area contributed by atoms with Crippen LogP contribution < -0.4 is 9.57 Å². The molecule has 2 aromatic carbocycles. The summed E-state index contributed by atoms with van der Waals surface area (Å²) in [5, 5.41) is 11.3. The molecule has 1 heterocycles. The molecule has 0 aliphatic rings. The van der Waals surface area contributed by atoms with Crippen LogP contribution >= 0.6 is 11.6 Å². The van der Waals surface area contributed by atoms with Gasteiger partial charge in [-0.25, -0.2) is 4.83 Å². The van der Waals surface area contributed by atoms with Gasteiger partial charge in [0.15, 0.2) is 0 Å². The fourth-order valence-electron chi connectivity index (χ4n) is 2.21. The molecule has 3 rings (SSSR count). The standard InChI is InChI=1S/C17H15ClN4O3S/c1-25-15-6-8-16(9-7-15)26(23,24)22-20-11-13-10-19-21-17(13)12-2-4-14(18)5-3-12/h2-11,22H,1H3,(H,19,21)/b20-11-. The van der Waals surface area contributed by atoms with E-state index in [2.05, 4.69) is 20.1 Å². The van der Waals surface area contributed by atoms with E-state index in [0.717, 1.165) is 5.56 Å². The third-order valence-electron chi connectivity index (χ3n) is 3.55. The molecule has 0 fully saturated rings. The molecule has 9 heteroatoms. The Morgan fingerprint density at radius 3 is 2.50 bits per heavy atom. The summed E-state index contributed by atoms with van der Waals surface area (Å²) >= 11 is 5.89. The second-order valence-corrected chi connectivity index (χ2v) is 7.33. The topological polar surface area (TPSA) is 96.4 Å². The lowest BCUT2D eigenvalue weighted by molar-refractivity contribution is 0.414. The van der Waals surface area contributed by atoms with Crippen LogP contribution in [-0.4, -0.2) is 31.9 Å². The first kappa shape index (κ1) is 18.0. The van der Waals surface area contributed by atoms with Crippen molar-refractivity contribution >= 4 is 27.8 Å². The van der Waals surface area contributed by atoms with Gasteiger partial charge in [0.25, 0.3) is 10.0 Å². The van der Waals surface area contributed by atoms with Crippen molar-refractivity contribution < 1.29 is 13.2 Å². The minimum absolute atomic E-state index is 0.0839. The van der Waals surface area contributed by atoms with Gasteiger partial charge in [0.05, 0.1) is 30.1 Å². The highest BCUT2D eigenvalue weighted by molar-refractivity contribution is 7.89. The molecule has 0 spiro atoms. The monoisotopic (exact) mass is 390 g/mol. The minimum Gasteiger partial charge on any atom is -0.497 e. The lowest BCUT2D eigenvalue weighted by Crippen LogP contribution is -2.18. The zero-order chi connectivity index (χ0) is 18.6. The first-order valence-corrected chi connectivity index (χ1v) is 9.34. The van der Waals surface area contributed by atoms with Gasteiger partial charge in [0, 0.05) is 16.1 Å². The van der Waals surface area contributed by atoms with Crippen LogP contribution in [0.2, 0.25) is 5.02 Å². The molecule has 134 valence electrons. The molecule has 1 aromatic heterocycles. The number of methoxy groups -OCH3 is 1. The highest BCUT2D eigenvalue weighted by atomic mass is 35.5. The average molecular weight is 391 g/mol. The number of hydrogen-bond acceptors (Lipinski definition) is 5. The zero-order valence-corrected chi connectivity index (χ0v) is 15.3. The lowest BCUT2D eigenvalue weighted by Gasteiger charge is -2.04. The highest BCUT2D eigenvalue weighted by Gasteiger charge is 2.13. The number of hydrogen-bond donors (Lipinski definition) is 2. The van der Waals surface area contributed by atoms with Crippen molar-refractivity contribution in [3.63, 3.8) is 0 Å². The van der Waals surface area contributed by atoms with Crippen LogP contribution in [0.25, 0.3) is 11.3 Å². The molecule has 2 N–H and O–H groups in total. The fourth-order valence-corrected chi connectivity index (χ4v) is 3.13. The summed E-state index contributed by atoms with van der Waals surface area (Å²) in [6.07, 6.45) is 2.93. The molecule has 0 radical (unpaired) electrons.